The molecule has 0 fully saturated rings. The summed E-state index contributed by atoms with van der Waals surface area (Å²) in [6, 6.07) is 10.8. The van der Waals surface area contributed by atoms with Gasteiger partial charge in [-0.05, 0) is 35.9 Å². The van der Waals surface area contributed by atoms with Crippen LogP contribution < -0.4 is 20.1 Å². The van der Waals surface area contributed by atoms with Crippen molar-refractivity contribution >= 4 is 23.6 Å². The molecule has 0 aromatic heterocycles. The monoisotopic (exact) mass is 358 g/mol. The molecule has 0 spiro atoms. The van der Waals surface area contributed by atoms with Gasteiger partial charge in [-0.3, -0.25) is 9.59 Å². The third-order valence-electron chi connectivity index (χ3n) is 3.40. The first-order chi connectivity index (χ1) is 12.4. The van der Waals surface area contributed by atoms with E-state index in [-0.39, 0.29) is 11.4 Å². The maximum Gasteiger partial charge on any atom is 0.272 e. The summed E-state index contributed by atoms with van der Waals surface area (Å²) in [5.74, 6) is -0.658. The van der Waals surface area contributed by atoms with Gasteiger partial charge < -0.3 is 20.1 Å². The molecule has 0 aliphatic heterocycles. The highest BCUT2D eigenvalue weighted by atomic mass is 19.1. The highest BCUT2D eigenvalue weighted by Crippen LogP contribution is 2.28. The van der Waals surface area contributed by atoms with Crippen LogP contribution in [-0.4, -0.2) is 26.0 Å². The van der Waals surface area contributed by atoms with Gasteiger partial charge in [0.1, 0.15) is 11.5 Å². The van der Waals surface area contributed by atoms with Gasteiger partial charge in [-0.2, -0.15) is 0 Å². The average Bonchev–Trinajstić information content (AvgIpc) is 2.62. The van der Waals surface area contributed by atoms with Crippen molar-refractivity contribution in [3.05, 3.63) is 59.5 Å². The molecule has 0 saturated carbocycles. The van der Waals surface area contributed by atoms with Gasteiger partial charge in [-0.15, -0.1) is 0 Å². The summed E-state index contributed by atoms with van der Waals surface area (Å²) in [7, 11) is 3.00. The van der Waals surface area contributed by atoms with E-state index in [1.165, 1.54) is 45.4 Å². The lowest BCUT2D eigenvalue weighted by Gasteiger charge is -2.11. The zero-order valence-corrected chi connectivity index (χ0v) is 14.6. The minimum atomic E-state index is -0.653. The van der Waals surface area contributed by atoms with E-state index >= 15 is 0 Å². The number of carbonyl (C=O) groups excluding carboxylic acids is 2. The summed E-state index contributed by atoms with van der Waals surface area (Å²) < 4.78 is 24.1. The zero-order chi connectivity index (χ0) is 19.1. The van der Waals surface area contributed by atoms with Crippen LogP contribution in [0.1, 0.15) is 12.5 Å². The van der Waals surface area contributed by atoms with E-state index in [0.29, 0.717) is 17.1 Å². The van der Waals surface area contributed by atoms with E-state index in [1.54, 1.807) is 24.3 Å². The highest BCUT2D eigenvalue weighted by Gasteiger charge is 2.14. The van der Waals surface area contributed by atoms with Crippen molar-refractivity contribution in [2.24, 2.45) is 0 Å². The van der Waals surface area contributed by atoms with Crippen molar-refractivity contribution < 1.29 is 23.5 Å². The van der Waals surface area contributed by atoms with Crippen LogP contribution in [0.4, 0.5) is 10.1 Å². The number of rotatable bonds is 6. The number of halogens is 1. The first kappa shape index (κ1) is 19.0. The Bertz CT molecular complexity index is 849. The fourth-order valence-electron chi connectivity index (χ4n) is 2.21. The zero-order valence-electron chi connectivity index (χ0n) is 14.6. The van der Waals surface area contributed by atoms with Crippen LogP contribution in [0.25, 0.3) is 6.08 Å². The number of para-hydroxylation sites is 1. The maximum atomic E-state index is 13.7. The van der Waals surface area contributed by atoms with Gasteiger partial charge in [-0.1, -0.05) is 18.2 Å². The number of methoxy groups -OCH3 is 2. The van der Waals surface area contributed by atoms with E-state index in [1.807, 2.05) is 0 Å². The van der Waals surface area contributed by atoms with Gasteiger partial charge in [0.05, 0.1) is 19.9 Å². The standard InChI is InChI=1S/C19H19FN2O4/c1-12(23)21-16(19(24)22-15-7-5-4-6-14(15)20)10-13-8-9-17(25-2)18(11-13)26-3/h4-11H,1-3H3,(H,21,23)(H,22,24)/b16-10-. The van der Waals surface area contributed by atoms with Crippen LogP contribution in [0, 0.1) is 5.82 Å². The van der Waals surface area contributed by atoms with Gasteiger partial charge in [0.25, 0.3) is 5.91 Å². The fraction of sp³-hybridized carbons (Fsp3) is 0.158. The molecular formula is C19H19FN2O4. The van der Waals surface area contributed by atoms with Crippen molar-refractivity contribution in [1.29, 1.82) is 0 Å². The highest BCUT2D eigenvalue weighted by molar-refractivity contribution is 6.08. The molecule has 7 heteroatoms. The average molecular weight is 358 g/mol. The molecule has 0 unspecified atom stereocenters. The molecule has 2 N–H and O–H groups in total. The normalized spacial score (nSPS) is 10.8. The Labute approximate surface area is 150 Å². The van der Waals surface area contributed by atoms with Crippen LogP contribution in [0.15, 0.2) is 48.2 Å². The Morgan fingerprint density at radius 3 is 2.35 bits per heavy atom. The van der Waals surface area contributed by atoms with Crippen LogP contribution >= 0.6 is 0 Å². The molecule has 0 heterocycles. The van der Waals surface area contributed by atoms with Crippen molar-refractivity contribution in [1.82, 2.24) is 5.32 Å². The minimum absolute atomic E-state index is 0.0149. The number of hydrogen-bond donors (Lipinski definition) is 2. The lowest BCUT2D eigenvalue weighted by Crippen LogP contribution is -2.29. The molecule has 2 aromatic rings. The second-order valence-corrected chi connectivity index (χ2v) is 5.29. The molecule has 0 aliphatic carbocycles. The topological polar surface area (TPSA) is 76.7 Å². The third kappa shape index (κ3) is 4.83. The number of hydrogen-bond acceptors (Lipinski definition) is 4. The first-order valence-electron chi connectivity index (χ1n) is 7.71. The van der Waals surface area contributed by atoms with Crippen LogP contribution in [0.3, 0.4) is 0 Å². The third-order valence-corrected chi connectivity index (χ3v) is 3.40. The second-order valence-electron chi connectivity index (χ2n) is 5.29. The van der Waals surface area contributed by atoms with Gasteiger partial charge in [0.2, 0.25) is 5.91 Å². The number of nitrogens with one attached hydrogen (secondary N) is 2. The molecule has 0 bridgehead atoms. The Morgan fingerprint density at radius 2 is 1.73 bits per heavy atom. The largest absolute Gasteiger partial charge is 0.493 e. The van der Waals surface area contributed by atoms with Crippen LogP contribution in [-0.2, 0) is 9.59 Å². The van der Waals surface area contributed by atoms with Crippen molar-refractivity contribution in [2.45, 2.75) is 6.92 Å². The number of anilines is 1. The molecule has 0 aliphatic rings. The number of carbonyl (C=O) groups is 2. The molecule has 2 aromatic carbocycles. The van der Waals surface area contributed by atoms with Gasteiger partial charge in [-0.25, -0.2) is 4.39 Å². The van der Waals surface area contributed by atoms with Crippen molar-refractivity contribution in [3.8, 4) is 11.5 Å². The Kier molecular flexibility index (Phi) is 6.32. The van der Waals surface area contributed by atoms with Crippen molar-refractivity contribution in [2.75, 3.05) is 19.5 Å². The second kappa shape index (κ2) is 8.66. The fourth-order valence-corrected chi connectivity index (χ4v) is 2.21. The van der Waals surface area contributed by atoms with Gasteiger partial charge >= 0.3 is 0 Å². The van der Waals surface area contributed by atoms with E-state index in [9.17, 15) is 14.0 Å². The van der Waals surface area contributed by atoms with Crippen LogP contribution in [0.5, 0.6) is 11.5 Å². The molecule has 2 rings (SSSR count). The maximum absolute atomic E-state index is 13.7. The smallest absolute Gasteiger partial charge is 0.272 e. The molecule has 26 heavy (non-hydrogen) atoms. The van der Waals surface area contributed by atoms with Crippen molar-refractivity contribution in [3.63, 3.8) is 0 Å². The number of amides is 2. The summed E-state index contributed by atoms with van der Waals surface area (Å²) in [5.41, 5.74) is 0.573. The predicted molar refractivity (Wildman–Crippen MR) is 96.4 cm³/mol. The summed E-state index contributed by atoms with van der Waals surface area (Å²) in [6.45, 7) is 1.28. The van der Waals surface area contributed by atoms with E-state index in [4.69, 9.17) is 9.47 Å². The van der Waals surface area contributed by atoms with Gasteiger partial charge in [0.15, 0.2) is 11.5 Å². The molecular weight excluding hydrogens is 339 g/mol. The van der Waals surface area contributed by atoms with Crippen LogP contribution in [0.2, 0.25) is 0 Å². The van der Waals surface area contributed by atoms with E-state index in [2.05, 4.69) is 10.6 Å². The molecule has 0 saturated heterocycles. The SMILES string of the molecule is COc1ccc(/C=C(\NC(C)=O)C(=O)Nc2ccccc2F)cc1OC. The lowest BCUT2D eigenvalue weighted by atomic mass is 10.1. The van der Waals surface area contributed by atoms with Gasteiger partial charge in [0, 0.05) is 6.92 Å². The number of ether oxygens (including phenoxy) is 2. The molecule has 136 valence electrons. The summed E-state index contributed by atoms with van der Waals surface area (Å²) in [4.78, 5) is 23.9. The summed E-state index contributed by atoms with van der Waals surface area (Å²) in [5, 5.41) is 4.88. The summed E-state index contributed by atoms with van der Waals surface area (Å²) >= 11 is 0. The quantitative estimate of drug-likeness (QED) is 0.779. The lowest BCUT2D eigenvalue weighted by molar-refractivity contribution is -0.120. The van der Waals surface area contributed by atoms with E-state index < -0.39 is 17.6 Å². The molecule has 6 nitrogen and oxygen atoms in total. The minimum Gasteiger partial charge on any atom is -0.493 e. The Balaban J connectivity index is 2.34. The predicted octanol–water partition coefficient (Wildman–Crippen LogP) is 2.96. The van der Waals surface area contributed by atoms with E-state index in [0.717, 1.165) is 0 Å². The molecule has 0 atom stereocenters. The Hall–Kier alpha value is -3.35. The number of benzene rings is 2. The summed E-state index contributed by atoms with van der Waals surface area (Å²) in [6.07, 6.45) is 1.46. The molecule has 2 amide bonds. The Morgan fingerprint density at radius 1 is 1.04 bits per heavy atom. The molecule has 0 radical (unpaired) electrons. The first-order valence-corrected chi connectivity index (χ1v) is 7.71.